The average molecular weight is 402 g/mol. The molecule has 8 heteroatoms. The van der Waals surface area contributed by atoms with Gasteiger partial charge in [0.15, 0.2) is 0 Å². The Bertz CT molecular complexity index is 1040. The summed E-state index contributed by atoms with van der Waals surface area (Å²) in [5.41, 5.74) is 3.02. The molecule has 1 aromatic heterocycles. The normalized spacial score (nSPS) is 11.4. The number of aromatic nitrogens is 1. The van der Waals surface area contributed by atoms with Crippen molar-refractivity contribution in [1.82, 2.24) is 9.71 Å². The lowest BCUT2D eigenvalue weighted by Gasteiger charge is -2.07. The first-order valence-corrected chi connectivity index (χ1v) is 10.6. The van der Waals surface area contributed by atoms with Gasteiger partial charge >= 0.3 is 5.97 Å². The number of rotatable bonds is 7. The minimum absolute atomic E-state index is 0.0433. The second kappa shape index (κ2) is 7.99. The zero-order valence-electron chi connectivity index (χ0n) is 14.5. The summed E-state index contributed by atoms with van der Waals surface area (Å²) in [6.45, 7) is 2.21. The molecule has 2 aromatic carbocycles. The van der Waals surface area contributed by atoms with E-state index in [1.807, 2.05) is 36.6 Å². The van der Waals surface area contributed by atoms with Crippen LogP contribution in [0, 0.1) is 6.92 Å². The highest BCUT2D eigenvalue weighted by Crippen LogP contribution is 2.22. The first-order valence-electron chi connectivity index (χ1n) is 8.19. The standard InChI is InChI=1S/C19H18N2O4S2/c1-13-21-18(12-26-13)15-4-2-14(3-5-15)10-11-20-27(24,25)17-8-6-16(7-9-17)19(22)23/h2-9,12,20H,10-11H2,1H3,(H,22,23). The number of thiazole rings is 1. The average Bonchev–Trinajstić information content (AvgIpc) is 3.08. The maximum Gasteiger partial charge on any atom is 0.335 e. The molecule has 0 atom stereocenters. The SMILES string of the molecule is Cc1nc(-c2ccc(CCNS(=O)(=O)c3ccc(C(=O)O)cc3)cc2)cs1. The summed E-state index contributed by atoms with van der Waals surface area (Å²) in [4.78, 5) is 15.3. The van der Waals surface area contributed by atoms with Gasteiger partial charge in [0.05, 0.1) is 21.2 Å². The second-order valence-corrected chi connectivity index (χ2v) is 8.76. The van der Waals surface area contributed by atoms with Crippen LogP contribution in [-0.2, 0) is 16.4 Å². The molecule has 3 rings (SSSR count). The van der Waals surface area contributed by atoms with Gasteiger partial charge in [0.1, 0.15) is 0 Å². The van der Waals surface area contributed by atoms with Gasteiger partial charge in [0.2, 0.25) is 10.0 Å². The number of hydrogen-bond acceptors (Lipinski definition) is 5. The van der Waals surface area contributed by atoms with E-state index in [1.54, 1.807) is 11.3 Å². The number of nitrogens with zero attached hydrogens (tertiary/aromatic N) is 1. The van der Waals surface area contributed by atoms with Crippen LogP contribution < -0.4 is 4.72 Å². The van der Waals surface area contributed by atoms with Crippen LogP contribution in [0.15, 0.2) is 58.8 Å². The predicted octanol–water partition coefficient (Wildman–Crippen LogP) is 3.34. The molecule has 0 aliphatic heterocycles. The number of hydrogen-bond donors (Lipinski definition) is 2. The zero-order valence-corrected chi connectivity index (χ0v) is 16.2. The first kappa shape index (κ1) is 19.2. The van der Waals surface area contributed by atoms with Crippen molar-refractivity contribution in [2.24, 2.45) is 0 Å². The van der Waals surface area contributed by atoms with Crippen molar-refractivity contribution in [3.8, 4) is 11.3 Å². The number of carboxylic acid groups (broad SMARTS) is 1. The molecule has 0 saturated heterocycles. The molecule has 0 aliphatic carbocycles. The third-order valence-corrected chi connectivity index (χ3v) is 6.24. The van der Waals surface area contributed by atoms with Gasteiger partial charge in [0, 0.05) is 17.5 Å². The molecule has 6 nitrogen and oxygen atoms in total. The summed E-state index contributed by atoms with van der Waals surface area (Å²) in [6.07, 6.45) is 0.544. The topological polar surface area (TPSA) is 96.4 Å². The van der Waals surface area contributed by atoms with Crippen molar-refractivity contribution in [1.29, 1.82) is 0 Å². The van der Waals surface area contributed by atoms with Crippen molar-refractivity contribution in [2.45, 2.75) is 18.2 Å². The fraction of sp³-hybridized carbons (Fsp3) is 0.158. The van der Waals surface area contributed by atoms with E-state index in [0.29, 0.717) is 6.42 Å². The Hall–Kier alpha value is -2.55. The lowest BCUT2D eigenvalue weighted by molar-refractivity contribution is 0.0696. The number of sulfonamides is 1. The van der Waals surface area contributed by atoms with Gasteiger partial charge in [-0.25, -0.2) is 22.9 Å². The molecule has 0 bridgehead atoms. The third-order valence-electron chi connectivity index (χ3n) is 3.99. The lowest BCUT2D eigenvalue weighted by Crippen LogP contribution is -2.26. The lowest BCUT2D eigenvalue weighted by atomic mass is 10.1. The highest BCUT2D eigenvalue weighted by Gasteiger charge is 2.14. The summed E-state index contributed by atoms with van der Waals surface area (Å²) in [6, 6.07) is 13.0. The van der Waals surface area contributed by atoms with Crippen LogP contribution in [0.4, 0.5) is 0 Å². The van der Waals surface area contributed by atoms with Crippen LogP contribution in [0.25, 0.3) is 11.3 Å². The number of carboxylic acids is 1. The Kier molecular flexibility index (Phi) is 5.69. The first-order chi connectivity index (χ1) is 12.8. The molecule has 0 unspecified atom stereocenters. The van der Waals surface area contributed by atoms with Crippen LogP contribution in [-0.4, -0.2) is 31.0 Å². The van der Waals surface area contributed by atoms with Crippen molar-refractivity contribution in [3.05, 3.63) is 70.0 Å². The molecule has 0 aliphatic rings. The molecular formula is C19H18N2O4S2. The minimum Gasteiger partial charge on any atom is -0.478 e. The molecule has 1 heterocycles. The molecule has 3 aromatic rings. The number of aryl methyl sites for hydroxylation is 1. The highest BCUT2D eigenvalue weighted by atomic mass is 32.2. The Morgan fingerprint density at radius 3 is 2.33 bits per heavy atom. The van der Waals surface area contributed by atoms with Gasteiger partial charge in [-0.3, -0.25) is 0 Å². The zero-order chi connectivity index (χ0) is 19.4. The molecule has 27 heavy (non-hydrogen) atoms. The fourth-order valence-corrected chi connectivity index (χ4v) is 4.18. The van der Waals surface area contributed by atoms with E-state index in [0.717, 1.165) is 21.8 Å². The molecule has 0 spiro atoms. The van der Waals surface area contributed by atoms with Crippen LogP contribution in [0.1, 0.15) is 20.9 Å². The minimum atomic E-state index is -3.67. The Morgan fingerprint density at radius 2 is 1.78 bits per heavy atom. The van der Waals surface area contributed by atoms with Gasteiger partial charge in [-0.1, -0.05) is 24.3 Å². The maximum absolute atomic E-state index is 12.3. The van der Waals surface area contributed by atoms with Crippen LogP contribution >= 0.6 is 11.3 Å². The second-order valence-electron chi connectivity index (χ2n) is 5.93. The fourth-order valence-electron chi connectivity index (χ4n) is 2.53. The summed E-state index contributed by atoms with van der Waals surface area (Å²) >= 11 is 1.60. The number of aromatic carboxylic acids is 1. The van der Waals surface area contributed by atoms with E-state index in [9.17, 15) is 13.2 Å². The largest absolute Gasteiger partial charge is 0.478 e. The summed E-state index contributed by atoms with van der Waals surface area (Å²) in [7, 11) is -3.67. The van der Waals surface area contributed by atoms with Gasteiger partial charge in [-0.15, -0.1) is 11.3 Å². The van der Waals surface area contributed by atoms with Crippen molar-refractivity contribution < 1.29 is 18.3 Å². The van der Waals surface area contributed by atoms with E-state index in [2.05, 4.69) is 9.71 Å². The smallest absolute Gasteiger partial charge is 0.335 e. The third kappa shape index (κ3) is 4.79. The van der Waals surface area contributed by atoms with Gasteiger partial charge in [-0.05, 0) is 43.2 Å². The maximum atomic E-state index is 12.3. The highest BCUT2D eigenvalue weighted by molar-refractivity contribution is 7.89. The Labute approximate surface area is 161 Å². The van der Waals surface area contributed by atoms with Crippen LogP contribution in [0.2, 0.25) is 0 Å². The summed E-state index contributed by atoms with van der Waals surface area (Å²) < 4.78 is 27.1. The van der Waals surface area contributed by atoms with Crippen LogP contribution in [0.3, 0.4) is 0 Å². The summed E-state index contributed by atoms with van der Waals surface area (Å²) in [5.74, 6) is -1.09. The molecule has 0 amide bonds. The van der Waals surface area contributed by atoms with E-state index in [1.165, 1.54) is 24.3 Å². The van der Waals surface area contributed by atoms with Crippen molar-refractivity contribution in [3.63, 3.8) is 0 Å². The van der Waals surface area contributed by atoms with Crippen molar-refractivity contribution in [2.75, 3.05) is 6.54 Å². The number of carbonyl (C=O) groups is 1. The summed E-state index contributed by atoms with van der Waals surface area (Å²) in [5, 5.41) is 11.9. The van der Waals surface area contributed by atoms with Crippen LogP contribution in [0.5, 0.6) is 0 Å². The van der Waals surface area contributed by atoms with E-state index < -0.39 is 16.0 Å². The quantitative estimate of drug-likeness (QED) is 0.632. The Morgan fingerprint density at radius 1 is 1.11 bits per heavy atom. The van der Waals surface area contributed by atoms with Gasteiger partial charge in [-0.2, -0.15) is 0 Å². The van der Waals surface area contributed by atoms with E-state index in [-0.39, 0.29) is 17.0 Å². The monoisotopic (exact) mass is 402 g/mol. The van der Waals surface area contributed by atoms with E-state index >= 15 is 0 Å². The molecule has 0 fully saturated rings. The number of nitrogens with one attached hydrogen (secondary N) is 1. The van der Waals surface area contributed by atoms with Gasteiger partial charge in [0.25, 0.3) is 0 Å². The Balaban J connectivity index is 1.59. The number of benzene rings is 2. The molecule has 0 radical (unpaired) electrons. The molecule has 0 saturated carbocycles. The van der Waals surface area contributed by atoms with Gasteiger partial charge < -0.3 is 5.11 Å². The van der Waals surface area contributed by atoms with E-state index in [4.69, 9.17) is 5.11 Å². The van der Waals surface area contributed by atoms with Crippen molar-refractivity contribution >= 4 is 27.3 Å². The molecular weight excluding hydrogens is 384 g/mol. The predicted molar refractivity (Wildman–Crippen MR) is 105 cm³/mol. The molecule has 140 valence electrons. The molecule has 2 N–H and O–H groups in total.